The van der Waals surface area contributed by atoms with Crippen molar-refractivity contribution < 1.29 is 13.9 Å². The van der Waals surface area contributed by atoms with Gasteiger partial charge in [0.2, 0.25) is 0 Å². The van der Waals surface area contributed by atoms with Crippen LogP contribution in [0.15, 0.2) is 0 Å². The number of ether oxygens (including phenoxy) is 2. The minimum atomic E-state index is -0.713. The fourth-order valence-corrected chi connectivity index (χ4v) is 2.41. The van der Waals surface area contributed by atoms with E-state index >= 15 is 0 Å². The van der Waals surface area contributed by atoms with E-state index in [0.29, 0.717) is 13.0 Å². The van der Waals surface area contributed by atoms with Gasteiger partial charge in [0, 0.05) is 12.6 Å². The molecule has 0 amide bonds. The molecule has 2 fully saturated rings. The first-order chi connectivity index (χ1) is 7.29. The lowest BCUT2D eigenvalue weighted by Crippen LogP contribution is -2.43. The summed E-state index contributed by atoms with van der Waals surface area (Å²) in [5.74, 6) is 0. The molecule has 3 nitrogen and oxygen atoms in total. The van der Waals surface area contributed by atoms with E-state index in [1.807, 2.05) is 7.05 Å². The molecule has 0 aromatic heterocycles. The minimum Gasteiger partial charge on any atom is -0.379 e. The predicted molar refractivity (Wildman–Crippen MR) is 55.7 cm³/mol. The van der Waals surface area contributed by atoms with Gasteiger partial charge in [-0.1, -0.05) is 0 Å². The van der Waals surface area contributed by atoms with E-state index in [1.54, 1.807) is 0 Å². The highest BCUT2D eigenvalue weighted by molar-refractivity contribution is 4.85. The van der Waals surface area contributed by atoms with Gasteiger partial charge in [-0.15, -0.1) is 0 Å². The summed E-state index contributed by atoms with van der Waals surface area (Å²) in [5.41, 5.74) is 0. The van der Waals surface area contributed by atoms with Crippen molar-refractivity contribution in [3.8, 4) is 0 Å². The van der Waals surface area contributed by atoms with Crippen molar-refractivity contribution in [1.82, 2.24) is 5.32 Å². The summed E-state index contributed by atoms with van der Waals surface area (Å²) in [4.78, 5) is 0. The van der Waals surface area contributed by atoms with E-state index in [-0.39, 0.29) is 18.2 Å². The molecule has 1 aliphatic heterocycles. The fraction of sp³-hybridized carbons (Fsp3) is 1.00. The molecule has 4 heteroatoms. The van der Waals surface area contributed by atoms with Crippen LogP contribution in [0.1, 0.15) is 25.7 Å². The lowest BCUT2D eigenvalue weighted by Gasteiger charge is -2.33. The highest BCUT2D eigenvalue weighted by Crippen LogP contribution is 2.26. The van der Waals surface area contributed by atoms with Crippen LogP contribution < -0.4 is 5.32 Å². The van der Waals surface area contributed by atoms with Crippen LogP contribution in [-0.2, 0) is 9.47 Å². The van der Waals surface area contributed by atoms with Crippen LogP contribution in [0.25, 0.3) is 0 Å². The molecule has 0 aromatic carbocycles. The normalized spacial score (nSPS) is 42.0. The second-order valence-electron chi connectivity index (χ2n) is 4.47. The maximum Gasteiger partial charge on any atom is 0.116 e. The van der Waals surface area contributed by atoms with Gasteiger partial charge in [-0.05, 0) is 32.7 Å². The molecule has 0 bridgehead atoms. The smallest absolute Gasteiger partial charge is 0.116 e. The van der Waals surface area contributed by atoms with Crippen molar-refractivity contribution in [2.75, 3.05) is 20.3 Å². The average Bonchev–Trinajstić information content (AvgIpc) is 2.73. The predicted octanol–water partition coefficient (Wildman–Crippen LogP) is 1.27. The third-order valence-electron chi connectivity index (χ3n) is 3.36. The minimum absolute atomic E-state index is 0.0360. The molecule has 4 unspecified atom stereocenters. The summed E-state index contributed by atoms with van der Waals surface area (Å²) in [7, 11) is 1.82. The zero-order chi connectivity index (χ0) is 10.7. The third kappa shape index (κ3) is 2.89. The van der Waals surface area contributed by atoms with E-state index in [0.717, 1.165) is 25.9 Å². The molecule has 1 saturated carbocycles. The number of halogens is 1. The van der Waals surface area contributed by atoms with Crippen LogP contribution in [0.4, 0.5) is 4.39 Å². The van der Waals surface area contributed by atoms with Crippen LogP contribution in [-0.4, -0.2) is 44.7 Å². The van der Waals surface area contributed by atoms with Crippen LogP contribution in [0.2, 0.25) is 0 Å². The topological polar surface area (TPSA) is 30.5 Å². The van der Waals surface area contributed by atoms with Crippen molar-refractivity contribution in [3.05, 3.63) is 0 Å². The molecule has 1 N–H and O–H groups in total. The van der Waals surface area contributed by atoms with Crippen molar-refractivity contribution in [3.63, 3.8) is 0 Å². The van der Waals surface area contributed by atoms with Crippen LogP contribution in [0.3, 0.4) is 0 Å². The van der Waals surface area contributed by atoms with E-state index in [1.165, 1.54) is 0 Å². The van der Waals surface area contributed by atoms with E-state index in [2.05, 4.69) is 5.32 Å². The Hall–Kier alpha value is -0.190. The molecule has 4 atom stereocenters. The summed E-state index contributed by atoms with van der Waals surface area (Å²) in [6.45, 7) is 1.51. The Bertz CT molecular complexity index is 195. The number of rotatable bonds is 3. The van der Waals surface area contributed by atoms with Gasteiger partial charge in [-0.3, -0.25) is 0 Å². The molecule has 88 valence electrons. The number of alkyl halides is 1. The molecular formula is C11H20FNO2. The van der Waals surface area contributed by atoms with Gasteiger partial charge in [0.25, 0.3) is 0 Å². The zero-order valence-corrected chi connectivity index (χ0v) is 9.25. The molecule has 1 heterocycles. The molecular weight excluding hydrogens is 197 g/mol. The van der Waals surface area contributed by atoms with Gasteiger partial charge in [-0.2, -0.15) is 0 Å². The maximum atomic E-state index is 13.4. The molecule has 1 saturated heterocycles. The molecule has 2 rings (SSSR count). The SMILES string of the molecule is CNC1CC(OC2CCOC2)CCC1F. The largest absolute Gasteiger partial charge is 0.379 e. The average molecular weight is 217 g/mol. The Morgan fingerprint density at radius 1 is 1.27 bits per heavy atom. The van der Waals surface area contributed by atoms with Gasteiger partial charge in [0.1, 0.15) is 6.17 Å². The van der Waals surface area contributed by atoms with Crippen LogP contribution in [0.5, 0.6) is 0 Å². The van der Waals surface area contributed by atoms with Gasteiger partial charge in [-0.25, -0.2) is 4.39 Å². The Morgan fingerprint density at radius 3 is 2.80 bits per heavy atom. The molecule has 0 spiro atoms. The van der Waals surface area contributed by atoms with Gasteiger partial charge < -0.3 is 14.8 Å². The summed E-state index contributed by atoms with van der Waals surface area (Å²) in [6, 6.07) is -0.0360. The maximum absolute atomic E-state index is 13.4. The molecule has 0 aromatic rings. The second-order valence-corrected chi connectivity index (χ2v) is 4.47. The highest BCUT2D eigenvalue weighted by atomic mass is 19.1. The van der Waals surface area contributed by atoms with Crippen molar-refractivity contribution >= 4 is 0 Å². The second kappa shape index (κ2) is 5.23. The number of hydrogen-bond donors (Lipinski definition) is 1. The van der Waals surface area contributed by atoms with Crippen molar-refractivity contribution in [2.45, 2.75) is 50.1 Å². The first-order valence-electron chi connectivity index (χ1n) is 5.84. The quantitative estimate of drug-likeness (QED) is 0.772. The Morgan fingerprint density at radius 2 is 2.13 bits per heavy atom. The third-order valence-corrected chi connectivity index (χ3v) is 3.36. The summed E-state index contributed by atoms with van der Waals surface area (Å²) >= 11 is 0. The summed E-state index contributed by atoms with van der Waals surface area (Å²) < 4.78 is 24.6. The Labute approximate surface area is 90.3 Å². The van der Waals surface area contributed by atoms with Crippen molar-refractivity contribution in [2.24, 2.45) is 0 Å². The molecule has 1 aliphatic carbocycles. The molecule has 0 radical (unpaired) electrons. The van der Waals surface area contributed by atoms with Gasteiger partial charge in [0.05, 0.1) is 18.8 Å². The lowest BCUT2D eigenvalue weighted by molar-refractivity contribution is -0.0481. The standard InChI is InChI=1S/C11H20FNO2/c1-13-11-6-8(2-3-10(11)12)15-9-4-5-14-7-9/h8-11,13H,2-7H2,1H3. The number of hydrogen-bond acceptors (Lipinski definition) is 3. The van der Waals surface area contributed by atoms with Crippen LogP contribution >= 0.6 is 0 Å². The van der Waals surface area contributed by atoms with Crippen LogP contribution in [0, 0.1) is 0 Å². The first kappa shape index (κ1) is 11.3. The summed E-state index contributed by atoms with van der Waals surface area (Å²) in [6.07, 6.45) is 2.97. The fourth-order valence-electron chi connectivity index (χ4n) is 2.41. The van der Waals surface area contributed by atoms with Crippen molar-refractivity contribution in [1.29, 1.82) is 0 Å². The molecule has 15 heavy (non-hydrogen) atoms. The van der Waals surface area contributed by atoms with Gasteiger partial charge >= 0.3 is 0 Å². The molecule has 2 aliphatic rings. The summed E-state index contributed by atoms with van der Waals surface area (Å²) in [5, 5.41) is 3.02. The van der Waals surface area contributed by atoms with Gasteiger partial charge in [0.15, 0.2) is 0 Å². The monoisotopic (exact) mass is 217 g/mol. The number of nitrogens with one attached hydrogen (secondary N) is 1. The van der Waals surface area contributed by atoms with E-state index in [4.69, 9.17) is 9.47 Å². The Balaban J connectivity index is 1.78. The highest BCUT2D eigenvalue weighted by Gasteiger charge is 2.31. The van der Waals surface area contributed by atoms with E-state index in [9.17, 15) is 4.39 Å². The Kier molecular flexibility index (Phi) is 3.94. The first-order valence-corrected chi connectivity index (χ1v) is 5.84. The lowest BCUT2D eigenvalue weighted by atomic mass is 9.91. The van der Waals surface area contributed by atoms with E-state index < -0.39 is 6.17 Å². The zero-order valence-electron chi connectivity index (χ0n) is 9.25.